The van der Waals surface area contributed by atoms with E-state index in [2.05, 4.69) is 6.92 Å². The van der Waals surface area contributed by atoms with Crippen molar-refractivity contribution in [3.63, 3.8) is 0 Å². The van der Waals surface area contributed by atoms with Crippen LogP contribution < -0.4 is 4.74 Å². The molecule has 2 heteroatoms. The van der Waals surface area contributed by atoms with Gasteiger partial charge in [-0.15, -0.1) is 0 Å². The van der Waals surface area contributed by atoms with E-state index in [0.717, 1.165) is 36.0 Å². The van der Waals surface area contributed by atoms with Gasteiger partial charge in [0, 0.05) is 0 Å². The Labute approximate surface area is 103 Å². The van der Waals surface area contributed by atoms with E-state index in [1.807, 2.05) is 30.3 Å². The number of rotatable bonds is 7. The zero-order chi connectivity index (χ0) is 12.5. The normalized spacial score (nSPS) is 11.3. The number of unbranched alkanes of at least 4 members (excludes halogenated alkanes) is 2. The molecule has 0 bridgehead atoms. The van der Waals surface area contributed by atoms with Gasteiger partial charge in [-0.1, -0.05) is 31.9 Å². The zero-order valence-corrected chi connectivity index (χ0v) is 10.6. The molecule has 0 aliphatic heterocycles. The average molecular weight is 232 g/mol. The SMILES string of the molecule is CCCCCC(C=O)=Cc1ccc(OC)cc1. The van der Waals surface area contributed by atoms with Gasteiger partial charge in [-0.25, -0.2) is 0 Å². The number of carbonyl (C=O) groups is 1. The Hall–Kier alpha value is -1.57. The van der Waals surface area contributed by atoms with Crippen molar-refractivity contribution >= 4 is 12.4 Å². The number of hydrogen-bond acceptors (Lipinski definition) is 2. The van der Waals surface area contributed by atoms with E-state index in [-0.39, 0.29) is 0 Å². The van der Waals surface area contributed by atoms with E-state index in [1.54, 1.807) is 7.11 Å². The van der Waals surface area contributed by atoms with E-state index in [9.17, 15) is 4.79 Å². The number of ether oxygens (including phenoxy) is 1. The third-order valence-corrected chi connectivity index (χ3v) is 2.69. The number of carbonyl (C=O) groups excluding carboxylic acids is 1. The molecule has 0 unspecified atom stereocenters. The highest BCUT2D eigenvalue weighted by atomic mass is 16.5. The summed E-state index contributed by atoms with van der Waals surface area (Å²) in [6.45, 7) is 2.16. The number of allylic oxidation sites excluding steroid dienone is 1. The average Bonchev–Trinajstić information content (AvgIpc) is 2.38. The van der Waals surface area contributed by atoms with E-state index >= 15 is 0 Å². The molecule has 0 saturated heterocycles. The van der Waals surface area contributed by atoms with E-state index in [4.69, 9.17) is 4.74 Å². The van der Waals surface area contributed by atoms with Gasteiger partial charge in [0.15, 0.2) is 0 Å². The van der Waals surface area contributed by atoms with Crippen LogP contribution in [0.3, 0.4) is 0 Å². The molecular formula is C15H20O2. The Morgan fingerprint density at radius 1 is 1.24 bits per heavy atom. The molecule has 2 nitrogen and oxygen atoms in total. The topological polar surface area (TPSA) is 26.3 Å². The number of methoxy groups -OCH3 is 1. The van der Waals surface area contributed by atoms with E-state index in [1.165, 1.54) is 12.8 Å². The first-order chi connectivity index (χ1) is 8.30. The lowest BCUT2D eigenvalue weighted by Gasteiger charge is -2.02. The van der Waals surface area contributed by atoms with Crippen LogP contribution in [-0.4, -0.2) is 13.4 Å². The van der Waals surface area contributed by atoms with Crippen molar-refractivity contribution in [2.24, 2.45) is 0 Å². The second kappa shape index (κ2) is 7.66. The van der Waals surface area contributed by atoms with Gasteiger partial charge in [0.1, 0.15) is 12.0 Å². The van der Waals surface area contributed by atoms with Crippen LogP contribution in [0.1, 0.15) is 38.2 Å². The third-order valence-electron chi connectivity index (χ3n) is 2.69. The van der Waals surface area contributed by atoms with Crippen molar-refractivity contribution < 1.29 is 9.53 Å². The summed E-state index contributed by atoms with van der Waals surface area (Å²) in [5.74, 6) is 0.834. The maximum absolute atomic E-state index is 10.9. The molecule has 0 amide bonds. The smallest absolute Gasteiger partial charge is 0.146 e. The highest BCUT2D eigenvalue weighted by Crippen LogP contribution is 2.15. The molecule has 92 valence electrons. The van der Waals surface area contributed by atoms with Gasteiger partial charge >= 0.3 is 0 Å². The molecule has 0 aliphatic carbocycles. The van der Waals surface area contributed by atoms with Gasteiger partial charge in [0.05, 0.1) is 7.11 Å². The molecule has 0 aromatic heterocycles. The molecule has 0 heterocycles. The van der Waals surface area contributed by atoms with Gasteiger partial charge in [-0.05, 0) is 42.2 Å². The van der Waals surface area contributed by atoms with Crippen molar-refractivity contribution in [2.75, 3.05) is 7.11 Å². The largest absolute Gasteiger partial charge is 0.497 e. The quantitative estimate of drug-likeness (QED) is 0.405. The fraction of sp³-hybridized carbons (Fsp3) is 0.400. The molecule has 0 atom stereocenters. The minimum atomic E-state index is 0.834. The molecule has 0 spiro atoms. The summed E-state index contributed by atoms with van der Waals surface area (Å²) in [5.41, 5.74) is 1.91. The Kier molecular flexibility index (Phi) is 6.08. The Bertz CT molecular complexity index is 363. The molecule has 1 rings (SSSR count). The van der Waals surface area contributed by atoms with Crippen LogP contribution in [0.25, 0.3) is 6.08 Å². The second-order valence-electron chi connectivity index (χ2n) is 4.07. The highest BCUT2D eigenvalue weighted by molar-refractivity contribution is 5.81. The highest BCUT2D eigenvalue weighted by Gasteiger charge is 1.97. The van der Waals surface area contributed by atoms with Crippen LogP contribution in [0.5, 0.6) is 5.75 Å². The summed E-state index contributed by atoms with van der Waals surface area (Å²) in [7, 11) is 1.65. The molecule has 17 heavy (non-hydrogen) atoms. The predicted molar refractivity (Wildman–Crippen MR) is 71.2 cm³/mol. The summed E-state index contributed by atoms with van der Waals surface area (Å²) in [6.07, 6.45) is 7.20. The number of aldehydes is 1. The second-order valence-corrected chi connectivity index (χ2v) is 4.07. The van der Waals surface area contributed by atoms with Gasteiger partial charge in [-0.2, -0.15) is 0 Å². The first kappa shape index (κ1) is 13.5. The van der Waals surface area contributed by atoms with Crippen LogP contribution in [0.2, 0.25) is 0 Å². The molecule has 0 N–H and O–H groups in total. The van der Waals surface area contributed by atoms with Gasteiger partial charge < -0.3 is 4.74 Å². The van der Waals surface area contributed by atoms with Crippen LogP contribution >= 0.6 is 0 Å². The van der Waals surface area contributed by atoms with Crippen LogP contribution in [-0.2, 0) is 4.79 Å². The summed E-state index contributed by atoms with van der Waals surface area (Å²) < 4.78 is 5.09. The molecular weight excluding hydrogens is 212 g/mol. The molecule has 0 fully saturated rings. The molecule has 0 aliphatic rings. The summed E-state index contributed by atoms with van der Waals surface area (Å²) in [4.78, 5) is 10.9. The van der Waals surface area contributed by atoms with Crippen LogP contribution in [0.15, 0.2) is 29.8 Å². The summed E-state index contributed by atoms with van der Waals surface area (Å²) in [5, 5.41) is 0. The Morgan fingerprint density at radius 2 is 1.94 bits per heavy atom. The Morgan fingerprint density at radius 3 is 2.47 bits per heavy atom. The zero-order valence-electron chi connectivity index (χ0n) is 10.6. The van der Waals surface area contributed by atoms with E-state index in [0.29, 0.717) is 0 Å². The monoisotopic (exact) mass is 232 g/mol. The fourth-order valence-electron chi connectivity index (χ4n) is 1.66. The van der Waals surface area contributed by atoms with Crippen molar-refractivity contribution in [3.05, 3.63) is 35.4 Å². The lowest BCUT2D eigenvalue weighted by molar-refractivity contribution is -0.105. The van der Waals surface area contributed by atoms with Crippen LogP contribution in [0.4, 0.5) is 0 Å². The molecule has 0 saturated carbocycles. The first-order valence-corrected chi connectivity index (χ1v) is 6.10. The number of benzene rings is 1. The number of hydrogen-bond donors (Lipinski definition) is 0. The van der Waals surface area contributed by atoms with Gasteiger partial charge in [-0.3, -0.25) is 4.79 Å². The fourth-order valence-corrected chi connectivity index (χ4v) is 1.66. The first-order valence-electron chi connectivity index (χ1n) is 6.10. The lowest BCUT2D eigenvalue weighted by atomic mass is 10.1. The van der Waals surface area contributed by atoms with Crippen molar-refractivity contribution in [2.45, 2.75) is 32.6 Å². The van der Waals surface area contributed by atoms with Crippen LogP contribution in [0, 0.1) is 0 Å². The molecule has 1 aromatic carbocycles. The molecule has 0 radical (unpaired) electrons. The predicted octanol–water partition coefficient (Wildman–Crippen LogP) is 3.86. The van der Waals surface area contributed by atoms with E-state index < -0.39 is 0 Å². The van der Waals surface area contributed by atoms with Crippen molar-refractivity contribution in [3.8, 4) is 5.75 Å². The van der Waals surface area contributed by atoms with Gasteiger partial charge in [0.2, 0.25) is 0 Å². The molecule has 1 aromatic rings. The third kappa shape index (κ3) is 4.85. The van der Waals surface area contributed by atoms with Crippen molar-refractivity contribution in [1.82, 2.24) is 0 Å². The minimum absolute atomic E-state index is 0.834. The summed E-state index contributed by atoms with van der Waals surface area (Å²) in [6, 6.07) is 7.73. The Balaban J connectivity index is 2.65. The summed E-state index contributed by atoms with van der Waals surface area (Å²) >= 11 is 0. The van der Waals surface area contributed by atoms with Crippen molar-refractivity contribution in [1.29, 1.82) is 0 Å². The maximum atomic E-state index is 10.9. The minimum Gasteiger partial charge on any atom is -0.497 e. The standard InChI is InChI=1S/C15H20O2/c1-3-4-5-6-14(12-16)11-13-7-9-15(17-2)10-8-13/h7-12H,3-6H2,1-2H3. The lowest BCUT2D eigenvalue weighted by Crippen LogP contribution is -1.87. The maximum Gasteiger partial charge on any atom is 0.146 e. The van der Waals surface area contributed by atoms with Gasteiger partial charge in [0.25, 0.3) is 0 Å².